The molecule has 1 heterocycles. The summed E-state index contributed by atoms with van der Waals surface area (Å²) in [6.45, 7) is 0. The van der Waals surface area contributed by atoms with Gasteiger partial charge in [-0.05, 0) is 18.4 Å². The SMILES string of the molecule is CSc1c(O)ccc2[nH]cnc12. The number of phenolic OH excluding ortho intramolecular Hbond substituents is 1. The summed E-state index contributed by atoms with van der Waals surface area (Å²) in [5.74, 6) is 0.294. The second-order valence-electron chi connectivity index (χ2n) is 2.42. The number of H-pyrrole nitrogens is 1. The van der Waals surface area contributed by atoms with Crippen molar-refractivity contribution in [3.05, 3.63) is 18.5 Å². The van der Waals surface area contributed by atoms with E-state index in [1.807, 2.05) is 12.3 Å². The van der Waals surface area contributed by atoms with Crippen molar-refractivity contribution in [1.29, 1.82) is 0 Å². The summed E-state index contributed by atoms with van der Waals surface area (Å²) in [6, 6.07) is 3.49. The molecule has 1 aromatic carbocycles. The summed E-state index contributed by atoms with van der Waals surface area (Å²) in [4.78, 5) is 7.93. The van der Waals surface area contributed by atoms with E-state index in [1.54, 1.807) is 12.4 Å². The molecule has 0 spiro atoms. The number of hydrogen-bond donors (Lipinski definition) is 2. The number of aromatic nitrogens is 2. The highest BCUT2D eigenvalue weighted by atomic mass is 32.2. The molecule has 3 nitrogen and oxygen atoms in total. The highest BCUT2D eigenvalue weighted by Crippen LogP contribution is 2.32. The van der Waals surface area contributed by atoms with Crippen molar-refractivity contribution in [1.82, 2.24) is 9.97 Å². The average Bonchev–Trinajstić information content (AvgIpc) is 2.52. The highest BCUT2D eigenvalue weighted by molar-refractivity contribution is 7.99. The van der Waals surface area contributed by atoms with Crippen molar-refractivity contribution < 1.29 is 5.11 Å². The third-order valence-corrected chi connectivity index (χ3v) is 2.54. The van der Waals surface area contributed by atoms with Gasteiger partial charge < -0.3 is 10.1 Å². The number of benzene rings is 1. The van der Waals surface area contributed by atoms with Gasteiger partial charge in [0.05, 0.1) is 16.7 Å². The Morgan fingerprint density at radius 2 is 2.33 bits per heavy atom. The van der Waals surface area contributed by atoms with E-state index >= 15 is 0 Å². The van der Waals surface area contributed by atoms with Gasteiger partial charge in [-0.15, -0.1) is 11.8 Å². The third kappa shape index (κ3) is 0.956. The summed E-state index contributed by atoms with van der Waals surface area (Å²) >= 11 is 1.50. The number of aromatic hydroxyl groups is 1. The molecular weight excluding hydrogens is 172 g/mol. The zero-order valence-corrected chi connectivity index (χ0v) is 7.35. The second kappa shape index (κ2) is 2.71. The minimum absolute atomic E-state index is 0.294. The molecule has 2 N–H and O–H groups in total. The molecule has 0 fully saturated rings. The first-order chi connectivity index (χ1) is 5.83. The maximum absolute atomic E-state index is 9.45. The lowest BCUT2D eigenvalue weighted by atomic mass is 10.3. The molecule has 0 aliphatic rings. The van der Waals surface area contributed by atoms with Crippen molar-refractivity contribution in [2.24, 2.45) is 0 Å². The van der Waals surface area contributed by atoms with Crippen LogP contribution < -0.4 is 0 Å². The molecule has 62 valence electrons. The number of nitrogens with zero attached hydrogens (tertiary/aromatic N) is 1. The van der Waals surface area contributed by atoms with Crippen LogP contribution >= 0.6 is 11.8 Å². The van der Waals surface area contributed by atoms with Crippen LogP contribution in [0.5, 0.6) is 5.75 Å². The molecule has 1 aromatic heterocycles. The Bertz CT molecular complexity index is 410. The van der Waals surface area contributed by atoms with Crippen LogP contribution in [-0.4, -0.2) is 21.3 Å². The summed E-state index contributed by atoms with van der Waals surface area (Å²) < 4.78 is 0. The molecule has 0 radical (unpaired) electrons. The van der Waals surface area contributed by atoms with Gasteiger partial charge in [0.1, 0.15) is 11.3 Å². The summed E-state index contributed by atoms with van der Waals surface area (Å²) in [5.41, 5.74) is 1.79. The smallest absolute Gasteiger partial charge is 0.131 e. The van der Waals surface area contributed by atoms with Gasteiger partial charge in [0, 0.05) is 0 Å². The fourth-order valence-corrected chi connectivity index (χ4v) is 1.81. The number of imidazole rings is 1. The van der Waals surface area contributed by atoms with Crippen LogP contribution in [0.3, 0.4) is 0 Å². The first-order valence-corrected chi connectivity index (χ1v) is 4.74. The van der Waals surface area contributed by atoms with Crippen molar-refractivity contribution in [2.75, 3.05) is 6.26 Å². The van der Waals surface area contributed by atoms with E-state index in [4.69, 9.17) is 0 Å². The van der Waals surface area contributed by atoms with Gasteiger partial charge in [0.15, 0.2) is 0 Å². The van der Waals surface area contributed by atoms with Gasteiger partial charge in [-0.2, -0.15) is 0 Å². The Morgan fingerprint density at radius 1 is 1.50 bits per heavy atom. The standard InChI is InChI=1S/C8H8N2OS/c1-12-8-6(11)3-2-5-7(8)10-4-9-5/h2-4,11H,1H3,(H,9,10). The van der Waals surface area contributed by atoms with E-state index in [0.717, 1.165) is 15.9 Å². The van der Waals surface area contributed by atoms with Crippen LogP contribution in [0.15, 0.2) is 23.4 Å². The molecule has 0 saturated carbocycles. The molecule has 2 aromatic rings. The Balaban J connectivity index is 2.83. The minimum Gasteiger partial charge on any atom is -0.507 e. The minimum atomic E-state index is 0.294. The fraction of sp³-hybridized carbons (Fsp3) is 0.125. The topological polar surface area (TPSA) is 48.9 Å². The zero-order valence-electron chi connectivity index (χ0n) is 6.53. The van der Waals surface area contributed by atoms with Crippen molar-refractivity contribution in [3.63, 3.8) is 0 Å². The molecule has 12 heavy (non-hydrogen) atoms. The lowest BCUT2D eigenvalue weighted by Crippen LogP contribution is -1.76. The fourth-order valence-electron chi connectivity index (χ4n) is 1.17. The highest BCUT2D eigenvalue weighted by Gasteiger charge is 2.06. The molecule has 4 heteroatoms. The number of thioether (sulfide) groups is 1. The molecule has 0 saturated heterocycles. The summed E-state index contributed by atoms with van der Waals surface area (Å²) in [6.07, 6.45) is 3.55. The van der Waals surface area contributed by atoms with Crippen LogP contribution in [0.25, 0.3) is 11.0 Å². The third-order valence-electron chi connectivity index (χ3n) is 1.73. The van der Waals surface area contributed by atoms with Crippen LogP contribution in [0.1, 0.15) is 0 Å². The Hall–Kier alpha value is -1.16. The molecule has 0 aliphatic carbocycles. The number of aromatic amines is 1. The normalized spacial score (nSPS) is 10.8. The molecule has 0 aliphatic heterocycles. The van der Waals surface area contributed by atoms with Gasteiger partial charge in [-0.3, -0.25) is 0 Å². The Labute approximate surface area is 73.8 Å². The van der Waals surface area contributed by atoms with Crippen LogP contribution in [0.2, 0.25) is 0 Å². The van der Waals surface area contributed by atoms with E-state index in [1.165, 1.54) is 11.8 Å². The quantitative estimate of drug-likeness (QED) is 0.660. The molecule has 0 unspecified atom stereocenters. The van der Waals surface area contributed by atoms with E-state index in [2.05, 4.69) is 9.97 Å². The van der Waals surface area contributed by atoms with Gasteiger partial charge in [0.2, 0.25) is 0 Å². The molecule has 2 rings (SSSR count). The van der Waals surface area contributed by atoms with Crippen LogP contribution in [0, 0.1) is 0 Å². The largest absolute Gasteiger partial charge is 0.507 e. The predicted molar refractivity (Wildman–Crippen MR) is 49.5 cm³/mol. The Morgan fingerprint density at radius 3 is 3.08 bits per heavy atom. The number of fused-ring (bicyclic) bond motifs is 1. The molecule has 0 bridgehead atoms. The summed E-state index contributed by atoms with van der Waals surface area (Å²) in [7, 11) is 0. The molecular formula is C8H8N2OS. The first-order valence-electron chi connectivity index (χ1n) is 3.52. The molecule has 0 amide bonds. The molecule has 0 atom stereocenters. The zero-order chi connectivity index (χ0) is 8.55. The maximum Gasteiger partial charge on any atom is 0.131 e. The van der Waals surface area contributed by atoms with E-state index in [-0.39, 0.29) is 0 Å². The number of nitrogens with one attached hydrogen (secondary N) is 1. The lowest BCUT2D eigenvalue weighted by Gasteiger charge is -2.00. The van der Waals surface area contributed by atoms with Crippen molar-refractivity contribution >= 4 is 22.8 Å². The van der Waals surface area contributed by atoms with Gasteiger partial charge in [0.25, 0.3) is 0 Å². The van der Waals surface area contributed by atoms with Crippen molar-refractivity contribution in [3.8, 4) is 5.75 Å². The van der Waals surface area contributed by atoms with Gasteiger partial charge in [-0.1, -0.05) is 0 Å². The van der Waals surface area contributed by atoms with Gasteiger partial charge >= 0.3 is 0 Å². The first kappa shape index (κ1) is 7.49. The van der Waals surface area contributed by atoms with Crippen LogP contribution in [0.4, 0.5) is 0 Å². The Kier molecular flexibility index (Phi) is 1.69. The maximum atomic E-state index is 9.45. The number of hydrogen-bond acceptors (Lipinski definition) is 3. The average molecular weight is 180 g/mol. The van der Waals surface area contributed by atoms with E-state index < -0.39 is 0 Å². The number of phenols is 1. The van der Waals surface area contributed by atoms with Gasteiger partial charge in [-0.25, -0.2) is 4.98 Å². The number of rotatable bonds is 1. The second-order valence-corrected chi connectivity index (χ2v) is 3.23. The van der Waals surface area contributed by atoms with E-state index in [9.17, 15) is 5.11 Å². The predicted octanol–water partition coefficient (Wildman–Crippen LogP) is 1.99. The van der Waals surface area contributed by atoms with Crippen molar-refractivity contribution in [2.45, 2.75) is 4.90 Å². The lowest BCUT2D eigenvalue weighted by molar-refractivity contribution is 0.464. The monoisotopic (exact) mass is 180 g/mol. The van der Waals surface area contributed by atoms with Crippen LogP contribution in [-0.2, 0) is 0 Å². The van der Waals surface area contributed by atoms with E-state index in [0.29, 0.717) is 5.75 Å². The summed E-state index contributed by atoms with van der Waals surface area (Å²) in [5, 5.41) is 9.45.